The molecule has 0 spiro atoms. The Morgan fingerprint density at radius 3 is 2.67 bits per heavy atom. The van der Waals surface area contributed by atoms with Gasteiger partial charge in [0.15, 0.2) is 0 Å². The SMILES string of the molecule is C[C@@H]1c2cccn2CCN1C(=O)[C@H]1CCN(C(=O)OC(C)(C)C)C1. The quantitative estimate of drug-likeness (QED) is 0.794. The van der Waals surface area contributed by atoms with Gasteiger partial charge in [0.1, 0.15) is 5.60 Å². The molecule has 3 heterocycles. The summed E-state index contributed by atoms with van der Waals surface area (Å²) in [7, 11) is 0. The third kappa shape index (κ3) is 3.28. The highest BCUT2D eigenvalue weighted by Gasteiger charge is 2.38. The molecule has 0 radical (unpaired) electrons. The van der Waals surface area contributed by atoms with E-state index in [9.17, 15) is 9.59 Å². The summed E-state index contributed by atoms with van der Waals surface area (Å²) in [6, 6.07) is 4.18. The number of amides is 2. The fraction of sp³-hybridized carbons (Fsp3) is 0.667. The first-order valence-electron chi connectivity index (χ1n) is 8.70. The third-order valence-electron chi connectivity index (χ3n) is 4.81. The van der Waals surface area contributed by atoms with Crippen molar-refractivity contribution >= 4 is 12.0 Å². The van der Waals surface area contributed by atoms with Crippen molar-refractivity contribution in [3.63, 3.8) is 0 Å². The van der Waals surface area contributed by atoms with E-state index in [1.165, 1.54) is 5.69 Å². The zero-order valence-corrected chi connectivity index (χ0v) is 15.0. The summed E-state index contributed by atoms with van der Waals surface area (Å²) in [5, 5.41) is 0. The van der Waals surface area contributed by atoms with E-state index >= 15 is 0 Å². The molecule has 1 fully saturated rings. The Bertz CT molecular complexity index is 632. The highest BCUT2D eigenvalue weighted by molar-refractivity contribution is 5.81. The van der Waals surface area contributed by atoms with Gasteiger partial charge in [-0.3, -0.25) is 4.79 Å². The summed E-state index contributed by atoms with van der Waals surface area (Å²) >= 11 is 0. The minimum Gasteiger partial charge on any atom is -0.444 e. The first-order valence-corrected chi connectivity index (χ1v) is 8.70. The van der Waals surface area contributed by atoms with Crippen molar-refractivity contribution in [2.45, 2.75) is 52.3 Å². The van der Waals surface area contributed by atoms with Crippen LogP contribution in [0, 0.1) is 5.92 Å². The first kappa shape index (κ1) is 16.9. The normalized spacial score (nSPS) is 24.0. The second kappa shape index (κ2) is 6.15. The molecule has 1 saturated heterocycles. The molecule has 1 aromatic heterocycles. The van der Waals surface area contributed by atoms with Crippen molar-refractivity contribution in [1.29, 1.82) is 0 Å². The lowest BCUT2D eigenvalue weighted by molar-refractivity contribution is -0.138. The van der Waals surface area contributed by atoms with E-state index in [0.717, 1.165) is 13.1 Å². The monoisotopic (exact) mass is 333 g/mol. The number of fused-ring (bicyclic) bond motifs is 1. The number of aromatic nitrogens is 1. The van der Waals surface area contributed by atoms with E-state index < -0.39 is 5.60 Å². The van der Waals surface area contributed by atoms with E-state index in [1.54, 1.807) is 4.90 Å². The number of likely N-dealkylation sites (tertiary alicyclic amines) is 1. The van der Waals surface area contributed by atoms with Crippen molar-refractivity contribution < 1.29 is 14.3 Å². The molecule has 6 nitrogen and oxygen atoms in total. The number of hydrogen-bond donors (Lipinski definition) is 0. The van der Waals surface area contributed by atoms with Gasteiger partial charge in [-0.2, -0.15) is 0 Å². The minimum absolute atomic E-state index is 0.0804. The number of ether oxygens (including phenoxy) is 1. The predicted octanol–water partition coefficient (Wildman–Crippen LogP) is 2.65. The van der Waals surface area contributed by atoms with Crippen LogP contribution in [0.4, 0.5) is 4.79 Å². The van der Waals surface area contributed by atoms with Crippen LogP contribution in [0.3, 0.4) is 0 Å². The van der Waals surface area contributed by atoms with Gasteiger partial charge in [0.2, 0.25) is 5.91 Å². The molecular weight excluding hydrogens is 306 g/mol. The van der Waals surface area contributed by atoms with Crippen LogP contribution in [0.2, 0.25) is 0 Å². The topological polar surface area (TPSA) is 54.8 Å². The average molecular weight is 333 g/mol. The number of rotatable bonds is 1. The van der Waals surface area contributed by atoms with Gasteiger partial charge >= 0.3 is 6.09 Å². The fourth-order valence-corrected chi connectivity index (χ4v) is 3.57. The molecule has 2 atom stereocenters. The Balaban J connectivity index is 1.62. The van der Waals surface area contributed by atoms with Gasteiger partial charge in [-0.1, -0.05) is 0 Å². The van der Waals surface area contributed by atoms with Gasteiger partial charge < -0.3 is 19.1 Å². The highest BCUT2D eigenvalue weighted by Crippen LogP contribution is 2.29. The van der Waals surface area contributed by atoms with Crippen molar-refractivity contribution in [3.8, 4) is 0 Å². The van der Waals surface area contributed by atoms with Crippen LogP contribution in [0.5, 0.6) is 0 Å². The summed E-state index contributed by atoms with van der Waals surface area (Å²) in [4.78, 5) is 28.7. The molecule has 3 rings (SSSR count). The standard InChI is InChI=1S/C18H27N3O3/c1-13-15-6-5-8-19(15)10-11-21(13)16(22)14-7-9-20(12-14)17(23)24-18(2,3)4/h5-6,8,13-14H,7,9-12H2,1-4H3/t13-,14+/m1/s1. The largest absolute Gasteiger partial charge is 0.444 e. The molecule has 0 aliphatic carbocycles. The number of nitrogens with zero attached hydrogens (tertiary/aromatic N) is 3. The van der Waals surface area contributed by atoms with Crippen molar-refractivity contribution in [2.24, 2.45) is 5.92 Å². The molecule has 24 heavy (non-hydrogen) atoms. The zero-order valence-electron chi connectivity index (χ0n) is 15.0. The highest BCUT2D eigenvalue weighted by atomic mass is 16.6. The number of hydrogen-bond acceptors (Lipinski definition) is 3. The van der Waals surface area contributed by atoms with Crippen LogP contribution < -0.4 is 0 Å². The molecule has 132 valence electrons. The minimum atomic E-state index is -0.508. The van der Waals surface area contributed by atoms with E-state index in [1.807, 2.05) is 31.7 Å². The first-order chi connectivity index (χ1) is 11.3. The molecule has 2 amide bonds. The Morgan fingerprint density at radius 2 is 1.96 bits per heavy atom. The summed E-state index contributed by atoms with van der Waals surface area (Å²) in [5.74, 6) is 0.0301. The van der Waals surface area contributed by atoms with Crippen molar-refractivity contribution in [3.05, 3.63) is 24.0 Å². The molecule has 6 heteroatoms. The zero-order chi connectivity index (χ0) is 17.5. The number of carbonyl (C=O) groups excluding carboxylic acids is 2. The Labute approximate surface area is 143 Å². The maximum atomic E-state index is 12.9. The maximum absolute atomic E-state index is 12.9. The smallest absolute Gasteiger partial charge is 0.410 e. The molecule has 0 unspecified atom stereocenters. The van der Waals surface area contributed by atoms with Crippen LogP contribution in [-0.4, -0.2) is 51.6 Å². The Morgan fingerprint density at radius 1 is 1.21 bits per heavy atom. The van der Waals surface area contributed by atoms with Gasteiger partial charge in [0.25, 0.3) is 0 Å². The summed E-state index contributed by atoms with van der Waals surface area (Å²) in [6.45, 7) is 10.2. The number of carbonyl (C=O) groups is 2. The van der Waals surface area contributed by atoms with Crippen LogP contribution in [0.15, 0.2) is 18.3 Å². The summed E-state index contributed by atoms with van der Waals surface area (Å²) < 4.78 is 7.62. The van der Waals surface area contributed by atoms with E-state index in [0.29, 0.717) is 19.5 Å². The van der Waals surface area contributed by atoms with Crippen LogP contribution in [-0.2, 0) is 16.1 Å². The van der Waals surface area contributed by atoms with Gasteiger partial charge in [0, 0.05) is 38.1 Å². The van der Waals surface area contributed by atoms with Crippen LogP contribution in [0.25, 0.3) is 0 Å². The average Bonchev–Trinajstić information content (AvgIpc) is 3.15. The molecule has 0 bridgehead atoms. The summed E-state index contributed by atoms with van der Waals surface area (Å²) in [5.41, 5.74) is 0.669. The van der Waals surface area contributed by atoms with E-state index in [2.05, 4.69) is 23.8 Å². The van der Waals surface area contributed by atoms with Gasteiger partial charge in [-0.05, 0) is 46.2 Å². The molecule has 2 aliphatic heterocycles. The van der Waals surface area contributed by atoms with Crippen molar-refractivity contribution in [1.82, 2.24) is 14.4 Å². The molecule has 0 aromatic carbocycles. The molecule has 0 saturated carbocycles. The van der Waals surface area contributed by atoms with E-state index in [-0.39, 0.29) is 24.0 Å². The lowest BCUT2D eigenvalue weighted by atomic mass is 10.0. The van der Waals surface area contributed by atoms with Gasteiger partial charge in [-0.25, -0.2) is 4.79 Å². The Kier molecular flexibility index (Phi) is 4.32. The Hall–Kier alpha value is -1.98. The molecule has 2 aliphatic rings. The van der Waals surface area contributed by atoms with Gasteiger partial charge in [0.05, 0.1) is 12.0 Å². The predicted molar refractivity (Wildman–Crippen MR) is 90.5 cm³/mol. The lowest BCUT2D eigenvalue weighted by Crippen LogP contribution is -2.44. The molecular formula is C18H27N3O3. The van der Waals surface area contributed by atoms with Crippen LogP contribution in [0.1, 0.15) is 45.9 Å². The molecule has 0 N–H and O–H groups in total. The maximum Gasteiger partial charge on any atom is 0.410 e. The second-order valence-corrected chi connectivity index (χ2v) is 7.75. The lowest BCUT2D eigenvalue weighted by Gasteiger charge is -2.36. The third-order valence-corrected chi connectivity index (χ3v) is 4.81. The summed E-state index contributed by atoms with van der Waals surface area (Å²) in [6.07, 6.45) is 2.45. The van der Waals surface area contributed by atoms with Gasteiger partial charge in [-0.15, -0.1) is 0 Å². The van der Waals surface area contributed by atoms with Crippen LogP contribution >= 0.6 is 0 Å². The second-order valence-electron chi connectivity index (χ2n) is 7.75. The van der Waals surface area contributed by atoms with E-state index in [4.69, 9.17) is 4.74 Å². The fourth-order valence-electron chi connectivity index (χ4n) is 3.57. The molecule has 1 aromatic rings. The van der Waals surface area contributed by atoms with Crippen molar-refractivity contribution in [2.75, 3.05) is 19.6 Å².